The molecule has 0 heterocycles. The summed E-state index contributed by atoms with van der Waals surface area (Å²) in [7, 11) is 0. The predicted octanol–water partition coefficient (Wildman–Crippen LogP) is 4.88. The molecule has 0 aliphatic heterocycles. The Labute approximate surface area is 158 Å². The zero-order valence-electron chi connectivity index (χ0n) is 14.3. The van der Waals surface area contributed by atoms with Crippen LogP contribution >= 0.6 is 0 Å². The van der Waals surface area contributed by atoms with Crippen LogP contribution in [0.5, 0.6) is 0 Å². The number of rotatable bonds is 14. The molecule has 0 aliphatic carbocycles. The fourth-order valence-corrected chi connectivity index (χ4v) is 1.93. The van der Waals surface area contributed by atoms with Crippen molar-refractivity contribution in [2.24, 2.45) is 0 Å². The Bertz CT molecular complexity index is 368. The smallest absolute Gasteiger partial charge is 0.550 e. The molecule has 0 spiro atoms. The minimum Gasteiger partial charge on any atom is -0.550 e. The van der Waals surface area contributed by atoms with Crippen molar-refractivity contribution in [1.82, 2.24) is 0 Å². The van der Waals surface area contributed by atoms with E-state index in [9.17, 15) is 9.90 Å². The third-order valence-electron chi connectivity index (χ3n) is 3.21. The van der Waals surface area contributed by atoms with Gasteiger partial charge in [0.15, 0.2) is 0 Å². The van der Waals surface area contributed by atoms with Gasteiger partial charge in [0.1, 0.15) is 0 Å². The van der Waals surface area contributed by atoms with E-state index in [1.165, 1.54) is 25.7 Å². The van der Waals surface area contributed by atoms with E-state index in [2.05, 4.69) is 49.5 Å². The van der Waals surface area contributed by atoms with E-state index in [0.29, 0.717) is 6.42 Å². The molecule has 0 atom stereocenters. The van der Waals surface area contributed by atoms with E-state index in [1.807, 2.05) is 6.08 Å². The van der Waals surface area contributed by atoms with Gasteiger partial charge in [0.25, 0.3) is 0 Å². The van der Waals surface area contributed by atoms with Gasteiger partial charge in [-0.25, -0.2) is 0 Å². The molecule has 23 heavy (non-hydrogen) atoms. The molecule has 0 aromatic rings. The molecule has 3 heteroatoms. The zero-order chi connectivity index (χ0) is 16.3. The number of aliphatic carboxylic acids is 1. The summed E-state index contributed by atoms with van der Waals surface area (Å²) in [5.74, 6) is -0.962. The minimum atomic E-state index is -0.962. The van der Waals surface area contributed by atoms with E-state index in [0.717, 1.165) is 25.7 Å². The molecule has 0 aliphatic rings. The van der Waals surface area contributed by atoms with E-state index in [4.69, 9.17) is 0 Å². The van der Waals surface area contributed by atoms with Crippen LogP contribution in [-0.4, -0.2) is 5.97 Å². The van der Waals surface area contributed by atoms with Gasteiger partial charge in [0.05, 0.1) is 0 Å². The number of hydrogen-bond donors (Lipinski definition) is 0. The fraction of sp³-hybridized carbons (Fsp3) is 0.550. The summed E-state index contributed by atoms with van der Waals surface area (Å²) < 4.78 is 0. The van der Waals surface area contributed by atoms with Gasteiger partial charge in [0.2, 0.25) is 0 Å². The molecule has 0 unspecified atom stereocenters. The van der Waals surface area contributed by atoms with Crippen molar-refractivity contribution in [3.63, 3.8) is 0 Å². The van der Waals surface area contributed by atoms with Crippen LogP contribution in [0.3, 0.4) is 0 Å². The maximum absolute atomic E-state index is 10.2. The monoisotopic (exact) mass is 410 g/mol. The molecule has 0 aromatic heterocycles. The van der Waals surface area contributed by atoms with Crippen LogP contribution in [0.15, 0.2) is 48.6 Å². The Morgan fingerprint density at radius 1 is 0.739 bits per heavy atom. The number of carbonyl (C=O) groups is 1. The number of unbranched alkanes of at least 4 members (excludes halogenated alkanes) is 4. The van der Waals surface area contributed by atoms with Crippen LogP contribution in [0, 0.1) is 0 Å². The standard InChI is InChI=1S/C20H32O2.Ag/c1-2-3-4-5-6-7-8-9-10-11-12-13-14-15-16-17-18-19-20(21)22;/h6-7,9-10,12-13,15-16H,2-5,8,11,14,17-19H2,1H3,(H,21,22);/q;+1/p-1. The number of allylic oxidation sites excluding steroid dienone is 8. The van der Waals surface area contributed by atoms with Crippen LogP contribution in [0.1, 0.15) is 71.1 Å². The van der Waals surface area contributed by atoms with Gasteiger partial charge in [-0.3, -0.25) is 0 Å². The number of carbonyl (C=O) groups excluding carboxylic acids is 1. The van der Waals surface area contributed by atoms with Gasteiger partial charge < -0.3 is 9.90 Å². The summed E-state index contributed by atoms with van der Waals surface area (Å²) >= 11 is 0. The first-order valence-electron chi connectivity index (χ1n) is 8.57. The van der Waals surface area contributed by atoms with E-state index in [-0.39, 0.29) is 28.8 Å². The topological polar surface area (TPSA) is 40.1 Å². The second-order valence-corrected chi connectivity index (χ2v) is 5.35. The molecule has 0 saturated heterocycles. The van der Waals surface area contributed by atoms with Crippen molar-refractivity contribution in [3.05, 3.63) is 48.6 Å². The SMILES string of the molecule is CCCCCC=CCC=CCC=CCC=CCCCC(=O)[O-].[Ag+]. The van der Waals surface area contributed by atoms with Crippen molar-refractivity contribution in [2.75, 3.05) is 0 Å². The van der Waals surface area contributed by atoms with E-state index >= 15 is 0 Å². The summed E-state index contributed by atoms with van der Waals surface area (Å²) in [6.45, 7) is 2.23. The van der Waals surface area contributed by atoms with Gasteiger partial charge in [-0.05, 0) is 51.4 Å². The Hall–Kier alpha value is -0.830. The summed E-state index contributed by atoms with van der Waals surface area (Å²) in [5.41, 5.74) is 0. The van der Waals surface area contributed by atoms with Gasteiger partial charge in [0, 0.05) is 5.97 Å². The molecular weight excluding hydrogens is 380 g/mol. The second-order valence-electron chi connectivity index (χ2n) is 5.35. The van der Waals surface area contributed by atoms with Crippen LogP contribution in [0.4, 0.5) is 0 Å². The van der Waals surface area contributed by atoms with Gasteiger partial charge in [-0.15, -0.1) is 0 Å². The molecule has 0 radical (unpaired) electrons. The molecule has 2 nitrogen and oxygen atoms in total. The maximum atomic E-state index is 10.2. The average Bonchev–Trinajstić information content (AvgIpc) is 2.50. The van der Waals surface area contributed by atoms with Crippen molar-refractivity contribution < 1.29 is 32.3 Å². The number of hydrogen-bond acceptors (Lipinski definition) is 2. The van der Waals surface area contributed by atoms with Gasteiger partial charge >= 0.3 is 22.4 Å². The largest absolute Gasteiger partial charge is 1.00 e. The molecule has 0 bridgehead atoms. The molecule has 0 fully saturated rings. The van der Waals surface area contributed by atoms with Crippen LogP contribution in [0.2, 0.25) is 0 Å². The summed E-state index contributed by atoms with van der Waals surface area (Å²) in [5, 5.41) is 10.2. The van der Waals surface area contributed by atoms with Crippen molar-refractivity contribution >= 4 is 5.97 Å². The van der Waals surface area contributed by atoms with Crippen LogP contribution < -0.4 is 5.11 Å². The molecule has 0 rings (SSSR count). The quantitative estimate of drug-likeness (QED) is 0.232. The molecule has 0 saturated carbocycles. The molecule has 134 valence electrons. The maximum Gasteiger partial charge on any atom is 1.00 e. The predicted molar refractivity (Wildman–Crippen MR) is 93.4 cm³/mol. The average molecular weight is 411 g/mol. The van der Waals surface area contributed by atoms with Crippen molar-refractivity contribution in [3.8, 4) is 0 Å². The van der Waals surface area contributed by atoms with Crippen molar-refractivity contribution in [2.45, 2.75) is 71.1 Å². The summed E-state index contributed by atoms with van der Waals surface area (Å²) in [6, 6.07) is 0. The fourth-order valence-electron chi connectivity index (χ4n) is 1.93. The van der Waals surface area contributed by atoms with E-state index in [1.54, 1.807) is 0 Å². The van der Waals surface area contributed by atoms with Crippen molar-refractivity contribution in [1.29, 1.82) is 0 Å². The third-order valence-corrected chi connectivity index (χ3v) is 3.21. The van der Waals surface area contributed by atoms with Gasteiger partial charge in [-0.2, -0.15) is 0 Å². The minimum absolute atomic E-state index is 0. The second kappa shape index (κ2) is 21.2. The third kappa shape index (κ3) is 23.6. The molecule has 0 aromatic carbocycles. The molecule has 0 amide bonds. The molecular formula is C20H31AgO2. The first-order valence-corrected chi connectivity index (χ1v) is 8.57. The zero-order valence-corrected chi connectivity index (χ0v) is 15.8. The van der Waals surface area contributed by atoms with Crippen LogP contribution in [-0.2, 0) is 27.2 Å². The Morgan fingerprint density at radius 2 is 1.17 bits per heavy atom. The normalized spacial score (nSPS) is 11.9. The van der Waals surface area contributed by atoms with Gasteiger partial charge in [-0.1, -0.05) is 68.4 Å². The number of carboxylic acids is 1. The Balaban J connectivity index is 0. The molecule has 0 N–H and O–H groups in total. The first kappa shape index (κ1) is 24.4. The van der Waals surface area contributed by atoms with Crippen LogP contribution in [0.25, 0.3) is 0 Å². The Kier molecular flexibility index (Phi) is 22.5. The van der Waals surface area contributed by atoms with E-state index < -0.39 is 5.97 Å². The Morgan fingerprint density at radius 3 is 1.61 bits per heavy atom. The summed E-state index contributed by atoms with van der Waals surface area (Å²) in [6.07, 6.45) is 27.0. The summed E-state index contributed by atoms with van der Waals surface area (Å²) in [4.78, 5) is 10.2. The number of carboxylic acid groups (broad SMARTS) is 1. The first-order chi connectivity index (χ1) is 10.8.